The summed E-state index contributed by atoms with van der Waals surface area (Å²) >= 11 is 0. The topological polar surface area (TPSA) is 57.0 Å². The first-order valence-corrected chi connectivity index (χ1v) is 10.1. The number of aromatic nitrogens is 1. The van der Waals surface area contributed by atoms with Crippen LogP contribution in [0, 0.1) is 0 Å². The molecule has 3 rings (SSSR count). The lowest BCUT2D eigenvalue weighted by Crippen LogP contribution is -2.13. The average molecular weight is 396 g/mol. The zero-order valence-electron chi connectivity index (χ0n) is 17.7. The van der Waals surface area contributed by atoms with Gasteiger partial charge in [-0.1, -0.05) is 61.7 Å². The Balaban J connectivity index is 2.31. The second-order valence-electron chi connectivity index (χ2n) is 7.05. The number of anilines is 1. The molecule has 4 N–H and O–H groups in total. The van der Waals surface area contributed by atoms with Gasteiger partial charge in [0.25, 0.3) is 0 Å². The van der Waals surface area contributed by atoms with E-state index < -0.39 is 0 Å². The van der Waals surface area contributed by atoms with Crippen LogP contribution in [0.5, 0.6) is 0 Å². The number of hydrogen-bond acceptors (Lipinski definition) is 2. The first-order valence-electron chi connectivity index (χ1n) is 10.1. The molecule has 0 aliphatic carbocycles. The molecule has 0 aliphatic rings. The summed E-state index contributed by atoms with van der Waals surface area (Å²) in [6.45, 7) is 12.0. The lowest BCUT2D eigenvalue weighted by atomic mass is 9.96. The molecule has 0 aliphatic heterocycles. The Kier molecular flexibility index (Phi) is 6.55. The minimum absolute atomic E-state index is 0.302. The van der Waals surface area contributed by atoms with Gasteiger partial charge in [-0.15, -0.1) is 0 Å². The maximum atomic E-state index is 6.60. The van der Waals surface area contributed by atoms with E-state index in [1.54, 1.807) is 6.08 Å². The molecular formula is C27H29N3. The molecule has 2 aromatic carbocycles. The summed E-state index contributed by atoms with van der Waals surface area (Å²) in [5.74, 6) is 0. The zero-order valence-corrected chi connectivity index (χ0v) is 17.7. The molecule has 0 fully saturated rings. The van der Waals surface area contributed by atoms with E-state index in [0.29, 0.717) is 5.69 Å². The zero-order chi connectivity index (χ0) is 21.7. The molecule has 1 atom stereocenters. The van der Waals surface area contributed by atoms with Crippen LogP contribution in [0.4, 0.5) is 5.69 Å². The molecule has 0 spiro atoms. The largest absolute Gasteiger partial charge is 0.398 e. The fourth-order valence-corrected chi connectivity index (χ4v) is 3.84. The van der Waals surface area contributed by atoms with Crippen molar-refractivity contribution in [3.8, 4) is 0 Å². The summed E-state index contributed by atoms with van der Waals surface area (Å²) in [4.78, 5) is 0. The lowest BCUT2D eigenvalue weighted by molar-refractivity contribution is 0.876. The van der Waals surface area contributed by atoms with Gasteiger partial charge in [0, 0.05) is 22.3 Å². The van der Waals surface area contributed by atoms with Crippen LogP contribution in [-0.2, 0) is 0 Å². The number of hydrogen-bond donors (Lipinski definition) is 2. The Hall–Kier alpha value is -3.56. The van der Waals surface area contributed by atoms with Gasteiger partial charge in [0.2, 0.25) is 0 Å². The molecule has 1 unspecified atom stereocenters. The Morgan fingerprint density at radius 3 is 2.47 bits per heavy atom. The Labute approximate surface area is 179 Å². The van der Waals surface area contributed by atoms with Gasteiger partial charge in [0.15, 0.2) is 0 Å². The molecule has 152 valence electrons. The fraction of sp³-hybridized carbons (Fsp3) is 0.111. The molecule has 0 radical (unpaired) electrons. The average Bonchev–Trinajstić information content (AvgIpc) is 3.06. The van der Waals surface area contributed by atoms with Gasteiger partial charge < -0.3 is 16.0 Å². The first-order chi connectivity index (χ1) is 14.6. The third kappa shape index (κ3) is 3.80. The van der Waals surface area contributed by atoms with Crippen LogP contribution in [0.15, 0.2) is 86.0 Å². The van der Waals surface area contributed by atoms with Crippen LogP contribution in [-0.4, -0.2) is 4.57 Å². The Bertz CT molecular complexity index is 1170. The first kappa shape index (κ1) is 21.2. The minimum atomic E-state index is -0.302. The highest BCUT2D eigenvalue weighted by atomic mass is 15.0. The van der Waals surface area contributed by atoms with Crippen LogP contribution < -0.4 is 11.5 Å². The molecule has 1 heterocycles. The third-order valence-corrected chi connectivity index (χ3v) is 5.17. The maximum Gasteiger partial charge on any atom is 0.0572 e. The van der Waals surface area contributed by atoms with Gasteiger partial charge in [0.05, 0.1) is 17.3 Å². The molecule has 0 amide bonds. The van der Waals surface area contributed by atoms with Gasteiger partial charge >= 0.3 is 0 Å². The van der Waals surface area contributed by atoms with E-state index in [-0.39, 0.29) is 6.04 Å². The number of allylic oxidation sites excluding steroid dienone is 6. The highest BCUT2D eigenvalue weighted by molar-refractivity contribution is 5.97. The molecule has 1 aromatic heterocycles. The van der Waals surface area contributed by atoms with Crippen LogP contribution in [0.3, 0.4) is 0 Å². The lowest BCUT2D eigenvalue weighted by Gasteiger charge is -2.15. The molecule has 3 nitrogen and oxygen atoms in total. The van der Waals surface area contributed by atoms with Crippen LogP contribution in [0.2, 0.25) is 0 Å². The second kappa shape index (κ2) is 9.29. The number of nitrogen functional groups attached to an aromatic ring is 1. The summed E-state index contributed by atoms with van der Waals surface area (Å²) in [6.07, 6.45) is 13.9. The Morgan fingerprint density at radius 2 is 1.83 bits per heavy atom. The predicted molar refractivity (Wildman–Crippen MR) is 133 cm³/mol. The van der Waals surface area contributed by atoms with E-state index in [9.17, 15) is 0 Å². The van der Waals surface area contributed by atoms with Crippen molar-refractivity contribution in [2.24, 2.45) is 5.73 Å². The van der Waals surface area contributed by atoms with Gasteiger partial charge in [0.1, 0.15) is 0 Å². The van der Waals surface area contributed by atoms with Crippen molar-refractivity contribution in [2.75, 3.05) is 5.73 Å². The summed E-state index contributed by atoms with van der Waals surface area (Å²) in [5, 5.41) is 1.12. The van der Waals surface area contributed by atoms with Crippen molar-refractivity contribution >= 4 is 34.4 Å². The number of nitrogens with zero attached hydrogens (tertiary/aromatic N) is 1. The molecule has 3 heteroatoms. The van der Waals surface area contributed by atoms with Crippen molar-refractivity contribution in [3.63, 3.8) is 0 Å². The standard InChI is InChI=1S/C27H29N3/c1-5-11-20(12-6-2)30-25(8-4)21(13-7-3)23-18-19(16-17-26(23)30)27(29)22-14-9-10-15-24(22)28/h5-18,27H,1,4,28-29H2,2-3H3/b12-6-,13-7-,20-11+. The van der Waals surface area contributed by atoms with E-state index in [2.05, 4.69) is 48.1 Å². The summed E-state index contributed by atoms with van der Waals surface area (Å²) < 4.78 is 2.20. The van der Waals surface area contributed by atoms with E-state index in [4.69, 9.17) is 11.5 Å². The van der Waals surface area contributed by atoms with E-state index >= 15 is 0 Å². The molecular weight excluding hydrogens is 366 g/mol. The van der Waals surface area contributed by atoms with Crippen LogP contribution in [0.1, 0.15) is 42.3 Å². The normalized spacial score (nSPS) is 13.4. The van der Waals surface area contributed by atoms with Crippen molar-refractivity contribution < 1.29 is 0 Å². The number of nitrogens with two attached hydrogens (primary N) is 2. The summed E-state index contributed by atoms with van der Waals surface area (Å²) in [6, 6.07) is 13.8. The minimum Gasteiger partial charge on any atom is -0.398 e. The van der Waals surface area contributed by atoms with Gasteiger partial charge in [-0.05, 0) is 61.4 Å². The molecule has 3 aromatic rings. The number of rotatable bonds is 7. The monoisotopic (exact) mass is 395 g/mol. The smallest absolute Gasteiger partial charge is 0.0572 e. The highest BCUT2D eigenvalue weighted by Crippen LogP contribution is 2.35. The van der Waals surface area contributed by atoms with Crippen molar-refractivity contribution in [1.29, 1.82) is 0 Å². The quantitative estimate of drug-likeness (QED) is 0.352. The van der Waals surface area contributed by atoms with E-state index in [1.165, 1.54) is 0 Å². The van der Waals surface area contributed by atoms with E-state index in [1.807, 2.05) is 62.4 Å². The molecule has 0 saturated carbocycles. The number of fused-ring (bicyclic) bond motifs is 1. The maximum absolute atomic E-state index is 6.60. The van der Waals surface area contributed by atoms with Gasteiger partial charge in [-0.25, -0.2) is 0 Å². The number of benzene rings is 2. The molecule has 30 heavy (non-hydrogen) atoms. The van der Waals surface area contributed by atoms with Crippen molar-refractivity contribution in [3.05, 3.63) is 108 Å². The van der Waals surface area contributed by atoms with Gasteiger partial charge in [-0.2, -0.15) is 0 Å². The van der Waals surface area contributed by atoms with Gasteiger partial charge in [-0.3, -0.25) is 0 Å². The van der Waals surface area contributed by atoms with E-state index in [0.717, 1.165) is 39.0 Å². The molecule has 0 saturated heterocycles. The SMILES string of the molecule is C=C/C=C(\C=C/C)n1c(C=C)c(/C=C\C)c2cc(C(N)c3ccccc3N)ccc21. The van der Waals surface area contributed by atoms with Crippen molar-refractivity contribution in [2.45, 2.75) is 19.9 Å². The second-order valence-corrected chi connectivity index (χ2v) is 7.05. The van der Waals surface area contributed by atoms with Crippen LogP contribution >= 0.6 is 0 Å². The summed E-state index contributed by atoms with van der Waals surface area (Å²) in [7, 11) is 0. The summed E-state index contributed by atoms with van der Waals surface area (Å²) in [5.41, 5.74) is 19.7. The Morgan fingerprint density at radius 1 is 1.07 bits per heavy atom. The highest BCUT2D eigenvalue weighted by Gasteiger charge is 2.18. The van der Waals surface area contributed by atoms with Crippen LogP contribution in [0.25, 0.3) is 28.8 Å². The third-order valence-electron chi connectivity index (χ3n) is 5.17. The predicted octanol–water partition coefficient (Wildman–Crippen LogP) is 6.55. The number of para-hydroxylation sites is 1. The molecule has 0 bridgehead atoms. The fourth-order valence-electron chi connectivity index (χ4n) is 3.84. The van der Waals surface area contributed by atoms with Crippen molar-refractivity contribution in [1.82, 2.24) is 4.57 Å².